The number of para-hydroxylation sites is 1. The molecule has 0 unspecified atom stereocenters. The Hall–Kier alpha value is -3.87. The Morgan fingerprint density at radius 2 is 1.92 bits per heavy atom. The second-order valence-corrected chi connectivity index (χ2v) is 10.9. The third-order valence-corrected chi connectivity index (χ3v) is 7.91. The van der Waals surface area contributed by atoms with E-state index >= 15 is 0 Å². The van der Waals surface area contributed by atoms with Gasteiger partial charge >= 0.3 is 6.18 Å². The largest absolute Gasteiger partial charge is 0.421 e. The Morgan fingerprint density at radius 1 is 1.16 bits per heavy atom. The minimum Gasteiger partial charge on any atom is -0.365 e. The van der Waals surface area contributed by atoms with E-state index in [1.165, 1.54) is 11.2 Å². The average Bonchev–Trinajstić information content (AvgIpc) is 3.24. The molecular weight excluding hydrogens is 521 g/mol. The number of aromatic nitrogens is 2. The molecule has 9 nitrogen and oxygen atoms in total. The van der Waals surface area contributed by atoms with Crippen LogP contribution in [-0.4, -0.2) is 36.6 Å². The molecule has 38 heavy (non-hydrogen) atoms. The normalized spacial score (nSPS) is 13.2. The molecule has 0 spiro atoms. The third-order valence-electron chi connectivity index (χ3n) is 6.05. The summed E-state index contributed by atoms with van der Waals surface area (Å²) in [5.41, 5.74) is 2.33. The van der Waals surface area contributed by atoms with Gasteiger partial charge in [-0.05, 0) is 49.6 Å². The summed E-state index contributed by atoms with van der Waals surface area (Å²) in [4.78, 5) is 19.7. The standard InChI is InChI=1S/C25H27F3N6O3S/c1-4-34(38(36,37)5-2)20-11-15(3)9-10-17(20)13-29-23-18(25(26,27)28)14-30-24(33-23)31-19-8-6-7-16-12-21(35)32-22(16)19/h6-11,14H,4-5,12-13H2,1-3H3,(H,32,35)(H2,29,30,31,33). The summed E-state index contributed by atoms with van der Waals surface area (Å²) in [7, 11) is -3.61. The van der Waals surface area contributed by atoms with Crippen LogP contribution in [0.3, 0.4) is 0 Å². The van der Waals surface area contributed by atoms with Crippen LogP contribution in [0.5, 0.6) is 0 Å². The molecule has 0 bridgehead atoms. The highest BCUT2D eigenvalue weighted by molar-refractivity contribution is 7.92. The van der Waals surface area contributed by atoms with Crippen molar-refractivity contribution in [1.29, 1.82) is 0 Å². The van der Waals surface area contributed by atoms with Gasteiger partial charge < -0.3 is 16.0 Å². The van der Waals surface area contributed by atoms with Gasteiger partial charge in [0.1, 0.15) is 11.4 Å². The number of anilines is 5. The molecule has 1 amide bonds. The molecule has 4 rings (SSSR count). The first kappa shape index (κ1) is 27.2. The van der Waals surface area contributed by atoms with Gasteiger partial charge in [0, 0.05) is 19.3 Å². The number of rotatable bonds is 9. The zero-order valence-electron chi connectivity index (χ0n) is 21.0. The summed E-state index contributed by atoms with van der Waals surface area (Å²) in [5.74, 6) is -0.891. The summed E-state index contributed by atoms with van der Waals surface area (Å²) in [6.45, 7) is 5.07. The van der Waals surface area contributed by atoms with Crippen molar-refractivity contribution in [3.8, 4) is 0 Å². The molecule has 1 aromatic heterocycles. The smallest absolute Gasteiger partial charge is 0.365 e. The van der Waals surface area contributed by atoms with E-state index in [-0.39, 0.29) is 37.1 Å². The fraction of sp³-hybridized carbons (Fsp3) is 0.320. The van der Waals surface area contributed by atoms with Gasteiger partial charge in [-0.2, -0.15) is 18.2 Å². The highest BCUT2D eigenvalue weighted by Crippen LogP contribution is 2.36. The summed E-state index contributed by atoms with van der Waals surface area (Å²) in [6, 6.07) is 10.3. The van der Waals surface area contributed by atoms with Gasteiger partial charge in [-0.3, -0.25) is 9.10 Å². The van der Waals surface area contributed by atoms with Crippen molar-refractivity contribution in [2.75, 3.05) is 32.6 Å². The Morgan fingerprint density at radius 3 is 2.61 bits per heavy atom. The number of nitrogens with zero attached hydrogens (tertiary/aromatic N) is 3. The second-order valence-electron chi connectivity index (χ2n) is 8.69. The molecule has 0 fully saturated rings. The second kappa shape index (κ2) is 10.5. The lowest BCUT2D eigenvalue weighted by atomic mass is 10.1. The molecule has 0 atom stereocenters. The lowest BCUT2D eigenvalue weighted by molar-refractivity contribution is -0.137. The zero-order chi connectivity index (χ0) is 27.7. The van der Waals surface area contributed by atoms with Gasteiger partial charge in [0.15, 0.2) is 0 Å². The minimum absolute atomic E-state index is 0.108. The van der Waals surface area contributed by atoms with Gasteiger partial charge in [-0.25, -0.2) is 13.4 Å². The number of nitrogens with one attached hydrogen (secondary N) is 3. The number of amides is 1. The first-order valence-corrected chi connectivity index (χ1v) is 13.5. The molecule has 202 valence electrons. The van der Waals surface area contributed by atoms with E-state index in [4.69, 9.17) is 0 Å². The summed E-state index contributed by atoms with van der Waals surface area (Å²) >= 11 is 0. The maximum Gasteiger partial charge on any atom is 0.421 e. The van der Waals surface area contributed by atoms with Gasteiger partial charge in [0.2, 0.25) is 21.9 Å². The molecule has 0 aliphatic carbocycles. The van der Waals surface area contributed by atoms with Crippen LogP contribution in [-0.2, 0) is 34.0 Å². The Balaban J connectivity index is 1.67. The minimum atomic E-state index is -4.74. The van der Waals surface area contributed by atoms with Crippen LogP contribution in [0.2, 0.25) is 0 Å². The fourth-order valence-corrected chi connectivity index (χ4v) is 5.34. The summed E-state index contributed by atoms with van der Waals surface area (Å²) < 4.78 is 68.0. The lowest BCUT2D eigenvalue weighted by Gasteiger charge is -2.25. The lowest BCUT2D eigenvalue weighted by Crippen LogP contribution is -2.33. The van der Waals surface area contributed by atoms with Crippen LogP contribution in [0.4, 0.5) is 42.0 Å². The summed E-state index contributed by atoms with van der Waals surface area (Å²) in [5, 5.41) is 8.33. The number of carbonyl (C=O) groups is 1. The Bertz CT molecular complexity index is 1480. The molecule has 0 radical (unpaired) electrons. The van der Waals surface area contributed by atoms with Crippen molar-refractivity contribution < 1.29 is 26.4 Å². The molecule has 1 aliphatic heterocycles. The maximum atomic E-state index is 13.8. The van der Waals surface area contributed by atoms with E-state index in [0.717, 1.165) is 11.1 Å². The molecular formula is C25H27F3N6O3S. The third kappa shape index (κ3) is 5.67. The van der Waals surface area contributed by atoms with Crippen molar-refractivity contribution in [3.05, 3.63) is 64.8 Å². The molecule has 0 saturated heterocycles. The predicted octanol–water partition coefficient (Wildman–Crippen LogP) is 4.83. The van der Waals surface area contributed by atoms with Crippen LogP contribution >= 0.6 is 0 Å². The molecule has 13 heteroatoms. The number of carbonyl (C=O) groups excluding carboxylic acids is 1. The van der Waals surface area contributed by atoms with Crippen molar-refractivity contribution in [3.63, 3.8) is 0 Å². The highest BCUT2D eigenvalue weighted by Gasteiger charge is 2.35. The number of aryl methyl sites for hydroxylation is 1. The van der Waals surface area contributed by atoms with Crippen LogP contribution in [0, 0.1) is 6.92 Å². The van der Waals surface area contributed by atoms with Gasteiger partial charge in [-0.15, -0.1) is 0 Å². The van der Waals surface area contributed by atoms with Crippen LogP contribution in [0.1, 0.15) is 36.1 Å². The predicted molar refractivity (Wildman–Crippen MR) is 140 cm³/mol. The average molecular weight is 549 g/mol. The van der Waals surface area contributed by atoms with Crippen molar-refractivity contribution in [1.82, 2.24) is 9.97 Å². The van der Waals surface area contributed by atoms with Crippen LogP contribution in [0.15, 0.2) is 42.6 Å². The SMILES string of the molecule is CCN(c1cc(C)ccc1CNc1nc(Nc2cccc3c2NC(=O)C3)ncc1C(F)(F)F)S(=O)(=O)CC. The quantitative estimate of drug-likeness (QED) is 0.351. The molecule has 2 heterocycles. The van der Waals surface area contributed by atoms with Gasteiger partial charge in [0.25, 0.3) is 0 Å². The fourth-order valence-electron chi connectivity index (χ4n) is 4.17. The van der Waals surface area contributed by atoms with E-state index in [1.54, 1.807) is 50.2 Å². The highest BCUT2D eigenvalue weighted by atomic mass is 32.2. The Kier molecular flexibility index (Phi) is 7.49. The molecule has 0 saturated carbocycles. The van der Waals surface area contributed by atoms with Crippen molar-refractivity contribution in [2.45, 2.75) is 39.9 Å². The molecule has 3 N–H and O–H groups in total. The monoisotopic (exact) mass is 548 g/mol. The molecule has 3 aromatic rings. The first-order chi connectivity index (χ1) is 17.9. The Labute approximate surface area is 218 Å². The number of hydrogen-bond acceptors (Lipinski definition) is 7. The van der Waals surface area contributed by atoms with E-state index in [0.29, 0.717) is 28.8 Å². The van der Waals surface area contributed by atoms with E-state index < -0.39 is 27.6 Å². The van der Waals surface area contributed by atoms with Crippen LogP contribution < -0.4 is 20.3 Å². The van der Waals surface area contributed by atoms with E-state index in [9.17, 15) is 26.4 Å². The van der Waals surface area contributed by atoms with Crippen molar-refractivity contribution >= 4 is 44.8 Å². The number of sulfonamides is 1. The number of alkyl halides is 3. The number of benzene rings is 2. The van der Waals surface area contributed by atoms with Gasteiger partial charge in [0.05, 0.1) is 29.2 Å². The molecule has 2 aromatic carbocycles. The number of fused-ring (bicyclic) bond motifs is 1. The maximum absolute atomic E-state index is 13.8. The van der Waals surface area contributed by atoms with E-state index in [1.807, 2.05) is 0 Å². The van der Waals surface area contributed by atoms with Crippen LogP contribution in [0.25, 0.3) is 0 Å². The van der Waals surface area contributed by atoms with E-state index in [2.05, 4.69) is 25.9 Å². The first-order valence-electron chi connectivity index (χ1n) is 11.9. The summed E-state index contributed by atoms with van der Waals surface area (Å²) in [6.07, 6.45) is -3.86. The zero-order valence-corrected chi connectivity index (χ0v) is 21.8. The number of hydrogen-bond donors (Lipinski definition) is 3. The van der Waals surface area contributed by atoms with Gasteiger partial charge in [-0.1, -0.05) is 24.3 Å². The topological polar surface area (TPSA) is 116 Å². The molecule has 1 aliphatic rings. The number of halogens is 3. The van der Waals surface area contributed by atoms with Crippen molar-refractivity contribution in [2.24, 2.45) is 0 Å².